The van der Waals surface area contributed by atoms with Gasteiger partial charge in [0.05, 0.1) is 23.3 Å². The van der Waals surface area contributed by atoms with Crippen LogP contribution in [0.2, 0.25) is 0 Å². The number of amides is 1. The van der Waals surface area contributed by atoms with Crippen molar-refractivity contribution in [1.29, 1.82) is 0 Å². The third kappa shape index (κ3) is 4.61. The Bertz CT molecular complexity index is 699. The second-order valence-corrected chi connectivity index (χ2v) is 7.56. The lowest BCUT2D eigenvalue weighted by Gasteiger charge is -2.27. The minimum Gasteiger partial charge on any atom is -0.336 e. The predicted octanol–water partition coefficient (Wildman–Crippen LogP) is 3.55. The van der Waals surface area contributed by atoms with Crippen LogP contribution in [0, 0.1) is 19.7 Å². The number of carbonyl (C=O) groups excluding carboxylic acids is 1. The molecule has 0 aliphatic carbocycles. The molecule has 0 unspecified atom stereocenters. The Balaban J connectivity index is 1.95. The van der Waals surface area contributed by atoms with Crippen molar-refractivity contribution in [2.45, 2.75) is 33.4 Å². The van der Waals surface area contributed by atoms with Crippen LogP contribution in [0.25, 0.3) is 0 Å². The zero-order valence-electron chi connectivity index (χ0n) is 14.8. The first-order chi connectivity index (χ1) is 11.3. The van der Waals surface area contributed by atoms with Gasteiger partial charge in [0, 0.05) is 18.5 Å². The van der Waals surface area contributed by atoms with Crippen LogP contribution in [0.15, 0.2) is 24.3 Å². The molecule has 1 aromatic heterocycles. The molecule has 1 amide bonds. The molecule has 24 heavy (non-hydrogen) atoms. The van der Waals surface area contributed by atoms with E-state index in [1.807, 2.05) is 39.8 Å². The SMILES string of the molecule is Cc1nc([C@@H](C)N(C)C(=O)CN(C)Cc2ccc(F)cc2)c(C)s1. The van der Waals surface area contributed by atoms with Crippen molar-refractivity contribution in [1.82, 2.24) is 14.8 Å². The van der Waals surface area contributed by atoms with Crippen LogP contribution in [0.4, 0.5) is 4.39 Å². The lowest BCUT2D eigenvalue weighted by Crippen LogP contribution is -2.38. The molecule has 0 radical (unpaired) electrons. The molecule has 4 nitrogen and oxygen atoms in total. The van der Waals surface area contributed by atoms with E-state index in [1.54, 1.807) is 28.4 Å². The molecular formula is C18H24FN3OS. The third-order valence-electron chi connectivity index (χ3n) is 4.08. The molecule has 0 fully saturated rings. The minimum atomic E-state index is -0.250. The van der Waals surface area contributed by atoms with Crippen LogP contribution in [-0.2, 0) is 11.3 Å². The fourth-order valence-corrected chi connectivity index (χ4v) is 3.54. The maximum atomic E-state index is 12.9. The van der Waals surface area contributed by atoms with Crippen LogP contribution < -0.4 is 0 Å². The Kier molecular flexibility index (Phi) is 6.07. The first kappa shape index (κ1) is 18.5. The summed E-state index contributed by atoms with van der Waals surface area (Å²) >= 11 is 1.65. The molecule has 0 bridgehead atoms. The van der Waals surface area contributed by atoms with Crippen molar-refractivity contribution >= 4 is 17.2 Å². The molecule has 0 saturated carbocycles. The van der Waals surface area contributed by atoms with Gasteiger partial charge in [0.1, 0.15) is 5.82 Å². The van der Waals surface area contributed by atoms with Crippen molar-refractivity contribution < 1.29 is 9.18 Å². The van der Waals surface area contributed by atoms with Crippen LogP contribution in [0.3, 0.4) is 0 Å². The molecule has 0 aliphatic rings. The van der Waals surface area contributed by atoms with E-state index in [9.17, 15) is 9.18 Å². The largest absolute Gasteiger partial charge is 0.336 e. The molecule has 1 atom stereocenters. The number of likely N-dealkylation sites (N-methyl/N-ethyl adjacent to an activating group) is 2. The van der Waals surface area contributed by atoms with Gasteiger partial charge in [-0.2, -0.15) is 0 Å². The van der Waals surface area contributed by atoms with Crippen LogP contribution in [0.1, 0.15) is 34.1 Å². The fourth-order valence-electron chi connectivity index (χ4n) is 2.63. The number of benzene rings is 1. The number of rotatable bonds is 6. The van der Waals surface area contributed by atoms with E-state index < -0.39 is 0 Å². The van der Waals surface area contributed by atoms with E-state index >= 15 is 0 Å². The summed E-state index contributed by atoms with van der Waals surface area (Å²) in [5, 5.41) is 1.02. The van der Waals surface area contributed by atoms with Gasteiger partial charge < -0.3 is 4.90 Å². The summed E-state index contributed by atoms with van der Waals surface area (Å²) in [6, 6.07) is 6.30. The Morgan fingerprint density at radius 2 is 1.88 bits per heavy atom. The second-order valence-electron chi connectivity index (χ2n) is 6.15. The molecule has 130 valence electrons. The molecule has 6 heteroatoms. The highest BCUT2D eigenvalue weighted by Gasteiger charge is 2.22. The van der Waals surface area contributed by atoms with E-state index in [-0.39, 0.29) is 17.8 Å². The van der Waals surface area contributed by atoms with E-state index in [2.05, 4.69) is 4.98 Å². The summed E-state index contributed by atoms with van der Waals surface area (Å²) < 4.78 is 12.9. The van der Waals surface area contributed by atoms with Crippen molar-refractivity contribution in [3.8, 4) is 0 Å². The lowest BCUT2D eigenvalue weighted by molar-refractivity contribution is -0.132. The Morgan fingerprint density at radius 1 is 1.25 bits per heavy atom. The molecular weight excluding hydrogens is 325 g/mol. The molecule has 2 aromatic rings. The first-order valence-electron chi connectivity index (χ1n) is 7.90. The molecule has 0 spiro atoms. The maximum Gasteiger partial charge on any atom is 0.237 e. The fraction of sp³-hybridized carbons (Fsp3) is 0.444. The zero-order chi connectivity index (χ0) is 17.9. The molecule has 2 rings (SSSR count). The van der Waals surface area contributed by atoms with Crippen LogP contribution >= 0.6 is 11.3 Å². The second kappa shape index (κ2) is 7.85. The standard InChI is InChI=1S/C18H24FN3OS/c1-12(18-13(2)24-14(3)20-18)22(5)17(23)11-21(4)10-15-6-8-16(19)9-7-15/h6-9,12H,10-11H2,1-5H3/t12-/m1/s1. The van der Waals surface area contributed by atoms with Gasteiger partial charge in [0.2, 0.25) is 5.91 Å². The third-order valence-corrected chi connectivity index (χ3v) is 4.98. The average molecular weight is 349 g/mol. The predicted molar refractivity (Wildman–Crippen MR) is 95.5 cm³/mol. The topological polar surface area (TPSA) is 36.4 Å². The molecule has 1 aromatic carbocycles. The van der Waals surface area contributed by atoms with Crippen molar-refractivity contribution in [3.05, 3.63) is 51.2 Å². The van der Waals surface area contributed by atoms with Gasteiger partial charge in [-0.25, -0.2) is 9.37 Å². The van der Waals surface area contributed by atoms with Crippen molar-refractivity contribution in [3.63, 3.8) is 0 Å². The van der Waals surface area contributed by atoms with Gasteiger partial charge >= 0.3 is 0 Å². The molecule has 0 N–H and O–H groups in total. The number of carbonyl (C=O) groups is 1. The highest BCUT2D eigenvalue weighted by Crippen LogP contribution is 2.26. The normalized spacial score (nSPS) is 12.5. The summed E-state index contributed by atoms with van der Waals surface area (Å²) in [6.07, 6.45) is 0. The number of halogens is 1. The summed E-state index contributed by atoms with van der Waals surface area (Å²) in [5.41, 5.74) is 1.95. The smallest absolute Gasteiger partial charge is 0.237 e. The molecule has 1 heterocycles. The Hall–Kier alpha value is -1.79. The van der Waals surface area contributed by atoms with Gasteiger partial charge in [-0.1, -0.05) is 12.1 Å². The lowest BCUT2D eigenvalue weighted by atomic mass is 10.2. The Morgan fingerprint density at radius 3 is 2.42 bits per heavy atom. The van der Waals surface area contributed by atoms with Crippen molar-refractivity contribution in [2.75, 3.05) is 20.6 Å². The van der Waals surface area contributed by atoms with Gasteiger partial charge in [0.25, 0.3) is 0 Å². The summed E-state index contributed by atoms with van der Waals surface area (Å²) in [7, 11) is 3.70. The van der Waals surface area contributed by atoms with E-state index in [0.717, 1.165) is 21.1 Å². The maximum absolute atomic E-state index is 12.9. The summed E-state index contributed by atoms with van der Waals surface area (Å²) in [6.45, 7) is 6.92. The van der Waals surface area contributed by atoms with E-state index in [1.165, 1.54) is 12.1 Å². The summed E-state index contributed by atoms with van der Waals surface area (Å²) in [4.78, 5) is 21.9. The number of hydrogen-bond donors (Lipinski definition) is 0. The van der Waals surface area contributed by atoms with Crippen LogP contribution in [-0.4, -0.2) is 41.3 Å². The number of aromatic nitrogens is 1. The monoisotopic (exact) mass is 349 g/mol. The van der Waals surface area contributed by atoms with E-state index in [4.69, 9.17) is 0 Å². The van der Waals surface area contributed by atoms with Gasteiger partial charge in [0.15, 0.2) is 0 Å². The molecule has 0 saturated heterocycles. The first-order valence-corrected chi connectivity index (χ1v) is 8.72. The minimum absolute atomic E-state index is 0.0390. The number of aryl methyl sites for hydroxylation is 2. The average Bonchev–Trinajstić information content (AvgIpc) is 2.86. The van der Waals surface area contributed by atoms with Gasteiger partial charge in [-0.3, -0.25) is 9.69 Å². The number of thiazole rings is 1. The molecule has 0 aliphatic heterocycles. The number of hydrogen-bond acceptors (Lipinski definition) is 4. The van der Waals surface area contributed by atoms with Crippen LogP contribution in [0.5, 0.6) is 0 Å². The highest BCUT2D eigenvalue weighted by atomic mass is 32.1. The van der Waals surface area contributed by atoms with Crippen molar-refractivity contribution in [2.24, 2.45) is 0 Å². The van der Waals surface area contributed by atoms with Gasteiger partial charge in [-0.15, -0.1) is 11.3 Å². The summed E-state index contributed by atoms with van der Waals surface area (Å²) in [5.74, 6) is -0.211. The number of nitrogens with zero attached hydrogens (tertiary/aromatic N) is 3. The Labute approximate surface area is 146 Å². The zero-order valence-corrected chi connectivity index (χ0v) is 15.7. The quantitative estimate of drug-likeness (QED) is 0.800. The van der Waals surface area contributed by atoms with E-state index in [0.29, 0.717) is 13.1 Å². The van der Waals surface area contributed by atoms with Gasteiger partial charge in [-0.05, 0) is 45.5 Å². The highest BCUT2D eigenvalue weighted by molar-refractivity contribution is 7.11.